The van der Waals surface area contributed by atoms with E-state index in [1.807, 2.05) is 0 Å². The number of benzene rings is 1. The van der Waals surface area contributed by atoms with Crippen LogP contribution in [0, 0.1) is 16.7 Å². The summed E-state index contributed by atoms with van der Waals surface area (Å²) in [4.78, 5) is 49.1. The maximum absolute atomic E-state index is 13.3. The molecule has 0 bridgehead atoms. The number of amides is 1. The molecule has 9 nitrogen and oxygen atoms in total. The van der Waals surface area contributed by atoms with E-state index >= 15 is 0 Å². The Morgan fingerprint density at radius 3 is 2.55 bits per heavy atom. The molecule has 0 fully saturated rings. The van der Waals surface area contributed by atoms with Crippen LogP contribution in [0.1, 0.15) is 46.0 Å². The third kappa shape index (κ3) is 2.63. The molecule has 3 aliphatic carbocycles. The lowest BCUT2D eigenvalue weighted by atomic mass is 9.59. The van der Waals surface area contributed by atoms with E-state index in [-0.39, 0.29) is 52.8 Å². The Morgan fingerprint density at radius 2 is 1.94 bits per heavy atom. The third-order valence-corrected chi connectivity index (χ3v) is 6.58. The lowest BCUT2D eigenvalue weighted by Gasteiger charge is -2.46. The molecule has 31 heavy (non-hydrogen) atoms. The molecule has 1 aromatic rings. The molecule has 5 N–H and O–H groups in total. The van der Waals surface area contributed by atoms with Crippen molar-refractivity contribution in [2.75, 3.05) is 0 Å². The van der Waals surface area contributed by atoms with Crippen LogP contribution in [0.25, 0.3) is 0 Å². The van der Waals surface area contributed by atoms with E-state index in [4.69, 9.17) is 5.73 Å². The second-order valence-corrected chi connectivity index (χ2v) is 8.29. The molecule has 0 aliphatic heterocycles. The minimum Gasteiger partial charge on any atom is -0.508 e. The first kappa shape index (κ1) is 20.7. The zero-order valence-electron chi connectivity index (χ0n) is 16.6. The number of phenols is 1. The van der Waals surface area contributed by atoms with Gasteiger partial charge in [0.2, 0.25) is 5.78 Å². The number of rotatable bonds is 2. The molecule has 0 saturated heterocycles. The molecule has 1 aromatic carbocycles. The summed E-state index contributed by atoms with van der Waals surface area (Å²) in [6.45, 7) is 5.26. The number of fused-ring (bicyclic) bond motifs is 3. The highest BCUT2D eigenvalue weighted by atomic mass is 16.3. The number of phenolic OH excluding ortho intramolecular Hbond substituents is 1. The number of carbonyl (C=O) groups is 3. The minimum atomic E-state index is -2.34. The molecule has 0 saturated carbocycles. The fraction of sp³-hybridized carbons (Fsp3) is 0.318. The largest absolute Gasteiger partial charge is 0.508 e. The topological polar surface area (TPSA) is 167 Å². The predicted octanol–water partition coefficient (Wildman–Crippen LogP) is 1.98. The summed E-state index contributed by atoms with van der Waals surface area (Å²) in [5.74, 6) is -5.30. The lowest BCUT2D eigenvalue weighted by molar-refractivity contribution is -0.141. The smallest absolute Gasteiger partial charge is 0.317 e. The van der Waals surface area contributed by atoms with Gasteiger partial charge in [-0.3, -0.25) is 14.4 Å². The van der Waals surface area contributed by atoms with Gasteiger partial charge < -0.3 is 21.1 Å². The molecule has 160 valence electrons. The number of allylic oxidation sites excluding steroid dienone is 3. The van der Waals surface area contributed by atoms with Gasteiger partial charge in [-0.1, -0.05) is 12.2 Å². The highest BCUT2D eigenvalue weighted by Gasteiger charge is 2.58. The van der Waals surface area contributed by atoms with Crippen LogP contribution in [0.15, 0.2) is 52.1 Å². The van der Waals surface area contributed by atoms with Crippen molar-refractivity contribution in [2.24, 2.45) is 22.7 Å². The predicted molar refractivity (Wildman–Crippen MR) is 108 cm³/mol. The summed E-state index contributed by atoms with van der Waals surface area (Å²) in [6, 6.07) is 2.30. The zero-order valence-corrected chi connectivity index (χ0v) is 16.6. The molecule has 3 aliphatic rings. The second kappa shape index (κ2) is 6.71. The highest BCUT2D eigenvalue weighted by Crippen LogP contribution is 2.52. The summed E-state index contributed by atoms with van der Waals surface area (Å²) < 4.78 is 0. The van der Waals surface area contributed by atoms with E-state index in [0.29, 0.717) is 5.57 Å². The van der Waals surface area contributed by atoms with Gasteiger partial charge in [0.25, 0.3) is 0 Å². The van der Waals surface area contributed by atoms with Crippen LogP contribution in [0.2, 0.25) is 0 Å². The van der Waals surface area contributed by atoms with Crippen molar-refractivity contribution >= 4 is 17.5 Å². The maximum Gasteiger partial charge on any atom is 0.317 e. The first-order chi connectivity index (χ1) is 14.5. The number of Topliss-reactive ketones (excluding diaryl/α,β-unsaturated/α-hetero) is 2. The molecular formula is C22H20N2O7. The molecule has 0 spiro atoms. The van der Waals surface area contributed by atoms with E-state index in [0.717, 1.165) is 6.07 Å². The van der Waals surface area contributed by atoms with E-state index in [2.05, 4.69) is 11.8 Å². The van der Waals surface area contributed by atoms with Crippen LogP contribution < -0.4 is 5.73 Å². The van der Waals surface area contributed by atoms with Crippen LogP contribution in [0.4, 0.5) is 0 Å². The number of ketones is 2. The molecule has 0 aromatic heterocycles. The SMILES string of the molecule is C=C(N)C1=C(C)CC2C[C@@H]3Cc4c(C(=O)N=O)ccc(O)c4C(=O)C3=C(O)[C@]2(O)C1=O. The molecule has 0 heterocycles. The summed E-state index contributed by atoms with van der Waals surface area (Å²) in [5, 5.41) is 35.0. The summed E-state index contributed by atoms with van der Waals surface area (Å²) in [6.07, 6.45) is 0.447. The first-order valence-electron chi connectivity index (χ1n) is 9.66. The number of hydrogen-bond acceptors (Lipinski definition) is 8. The fourth-order valence-corrected chi connectivity index (χ4v) is 5.23. The van der Waals surface area contributed by atoms with Crippen LogP contribution in [-0.4, -0.2) is 38.4 Å². The first-order valence-corrected chi connectivity index (χ1v) is 9.66. The summed E-state index contributed by atoms with van der Waals surface area (Å²) >= 11 is 0. The zero-order chi connectivity index (χ0) is 22.8. The number of nitroso groups, excluding NO2 is 1. The van der Waals surface area contributed by atoms with Gasteiger partial charge >= 0.3 is 5.91 Å². The number of aliphatic hydroxyl groups excluding tert-OH is 1. The lowest BCUT2D eigenvalue weighted by Crippen LogP contribution is -2.56. The highest BCUT2D eigenvalue weighted by molar-refractivity contribution is 6.17. The van der Waals surface area contributed by atoms with Crippen molar-refractivity contribution in [3.05, 3.63) is 68.5 Å². The van der Waals surface area contributed by atoms with Gasteiger partial charge in [-0.05, 0) is 49.8 Å². The standard InChI is InChI=1S/C22H20N2O7/c1-8-5-11-6-10-7-13-12(21(29)24-31)3-4-14(25)17(13)18(26)16(10)20(28)22(11,30)19(27)15(8)9(2)23/h3-4,10-11,25,28,30H,2,5-7,23H2,1H3/t10-,11?,22-/m1/s1. The van der Waals surface area contributed by atoms with Crippen LogP contribution in [0.5, 0.6) is 5.75 Å². The van der Waals surface area contributed by atoms with Crippen molar-refractivity contribution in [3.8, 4) is 5.75 Å². The van der Waals surface area contributed by atoms with Gasteiger partial charge in [0, 0.05) is 33.5 Å². The molecular weight excluding hydrogens is 404 g/mol. The van der Waals surface area contributed by atoms with Gasteiger partial charge in [-0.25, -0.2) is 0 Å². The quantitative estimate of drug-likeness (QED) is 0.523. The Balaban J connectivity index is 1.93. The summed E-state index contributed by atoms with van der Waals surface area (Å²) in [7, 11) is 0. The molecule has 9 heteroatoms. The van der Waals surface area contributed by atoms with Gasteiger partial charge in [0.1, 0.15) is 11.5 Å². The Morgan fingerprint density at radius 1 is 1.26 bits per heavy atom. The van der Waals surface area contributed by atoms with E-state index in [9.17, 15) is 34.6 Å². The second-order valence-electron chi connectivity index (χ2n) is 8.29. The molecule has 4 rings (SSSR count). The van der Waals surface area contributed by atoms with Gasteiger partial charge in [-0.15, -0.1) is 4.91 Å². The third-order valence-electron chi connectivity index (χ3n) is 6.58. The van der Waals surface area contributed by atoms with Crippen molar-refractivity contribution < 1.29 is 29.7 Å². The number of hydrogen-bond donors (Lipinski definition) is 4. The van der Waals surface area contributed by atoms with Crippen LogP contribution in [0.3, 0.4) is 0 Å². The Bertz CT molecular complexity index is 1180. The van der Waals surface area contributed by atoms with Crippen molar-refractivity contribution in [3.63, 3.8) is 0 Å². The Kier molecular flexibility index (Phi) is 4.48. The minimum absolute atomic E-state index is 0.0285. The van der Waals surface area contributed by atoms with Gasteiger partial charge in [0.15, 0.2) is 11.4 Å². The van der Waals surface area contributed by atoms with Crippen molar-refractivity contribution in [2.45, 2.75) is 31.8 Å². The normalized spacial score (nSPS) is 27.4. The number of aromatic hydroxyl groups is 1. The average molecular weight is 424 g/mol. The van der Waals surface area contributed by atoms with Crippen molar-refractivity contribution in [1.29, 1.82) is 0 Å². The number of carbonyl (C=O) groups excluding carboxylic acids is 3. The number of nitrogens with two attached hydrogens (primary N) is 1. The monoisotopic (exact) mass is 424 g/mol. The number of aliphatic hydroxyl groups is 2. The summed E-state index contributed by atoms with van der Waals surface area (Å²) in [5.41, 5.74) is 3.59. The molecule has 3 atom stereocenters. The van der Waals surface area contributed by atoms with E-state index < -0.39 is 46.4 Å². The molecule has 1 amide bonds. The molecule has 0 radical (unpaired) electrons. The van der Waals surface area contributed by atoms with Gasteiger partial charge in [0.05, 0.1) is 5.56 Å². The maximum atomic E-state index is 13.3. The van der Waals surface area contributed by atoms with E-state index in [1.165, 1.54) is 6.07 Å². The average Bonchev–Trinajstić information content (AvgIpc) is 2.70. The van der Waals surface area contributed by atoms with Crippen molar-refractivity contribution in [1.82, 2.24) is 0 Å². The molecule has 1 unspecified atom stereocenters. The van der Waals surface area contributed by atoms with Gasteiger partial charge in [-0.2, -0.15) is 0 Å². The fourth-order valence-electron chi connectivity index (χ4n) is 5.23. The van der Waals surface area contributed by atoms with Crippen LogP contribution in [-0.2, 0) is 11.2 Å². The van der Waals surface area contributed by atoms with Crippen LogP contribution >= 0.6 is 0 Å². The van der Waals surface area contributed by atoms with E-state index in [1.54, 1.807) is 6.92 Å². The number of nitrogens with zero attached hydrogens (tertiary/aromatic N) is 1. The Labute approximate surface area is 176 Å². The Hall–Kier alpha value is -3.59.